The fourth-order valence-corrected chi connectivity index (χ4v) is 4.35. The molecule has 0 bridgehead atoms. The number of nitrogens with one attached hydrogen (secondary N) is 1. The third kappa shape index (κ3) is 3.76. The molecule has 2 aromatic heterocycles. The van der Waals surface area contributed by atoms with Crippen LogP contribution in [0.1, 0.15) is 28.2 Å². The largest absolute Gasteiger partial charge is 0.497 e. The summed E-state index contributed by atoms with van der Waals surface area (Å²) in [5.74, 6) is 1.51. The van der Waals surface area contributed by atoms with Gasteiger partial charge in [0.15, 0.2) is 0 Å². The van der Waals surface area contributed by atoms with Crippen molar-refractivity contribution >= 4 is 33.5 Å². The van der Waals surface area contributed by atoms with E-state index in [-0.39, 0.29) is 11.9 Å². The number of benzene rings is 2. The number of aromatic nitrogens is 2. The van der Waals surface area contributed by atoms with Crippen LogP contribution in [0.2, 0.25) is 0 Å². The molecule has 0 saturated carbocycles. The monoisotopic (exact) mass is 420 g/mol. The summed E-state index contributed by atoms with van der Waals surface area (Å²) in [6.45, 7) is 1.99. The Hall–Kier alpha value is -3.32. The minimum absolute atomic E-state index is 0.0748. The van der Waals surface area contributed by atoms with E-state index in [2.05, 4.69) is 9.88 Å². The summed E-state index contributed by atoms with van der Waals surface area (Å²) < 4.78 is 7.34. The highest BCUT2D eigenvalue weighted by Crippen LogP contribution is 2.33. The van der Waals surface area contributed by atoms with E-state index >= 15 is 0 Å². The van der Waals surface area contributed by atoms with Gasteiger partial charge in [0.2, 0.25) is 5.95 Å². The van der Waals surface area contributed by atoms with Gasteiger partial charge in [0.1, 0.15) is 16.1 Å². The number of amides is 1. The molecule has 1 atom stereocenters. The Balaban J connectivity index is 1.68. The topological polar surface area (TPSA) is 59.4 Å². The molecule has 1 N–H and O–H groups in total. The number of nitrogens with zero attached hydrogens (tertiary/aromatic N) is 3. The van der Waals surface area contributed by atoms with Crippen molar-refractivity contribution in [3.63, 3.8) is 0 Å². The molecule has 0 aliphatic rings. The molecular weight excluding hydrogens is 396 g/mol. The van der Waals surface area contributed by atoms with E-state index in [0.717, 1.165) is 33.3 Å². The zero-order valence-corrected chi connectivity index (χ0v) is 18.2. The molecule has 4 rings (SSSR count). The minimum Gasteiger partial charge on any atom is -0.497 e. The summed E-state index contributed by atoms with van der Waals surface area (Å²) in [6, 6.07) is 19.5. The average Bonchev–Trinajstić information content (AvgIpc) is 3.33. The van der Waals surface area contributed by atoms with E-state index in [4.69, 9.17) is 9.72 Å². The van der Waals surface area contributed by atoms with Crippen LogP contribution in [0, 0.1) is 0 Å². The second-order valence-corrected chi connectivity index (χ2v) is 8.28. The molecule has 4 aromatic rings. The first-order valence-electron chi connectivity index (χ1n) is 9.67. The van der Waals surface area contributed by atoms with Crippen molar-refractivity contribution in [2.45, 2.75) is 13.0 Å². The van der Waals surface area contributed by atoms with Crippen LogP contribution in [-0.4, -0.2) is 36.7 Å². The fourth-order valence-electron chi connectivity index (χ4n) is 3.33. The van der Waals surface area contributed by atoms with Crippen LogP contribution in [0.5, 0.6) is 5.75 Å². The number of carbonyl (C=O) groups excluding carboxylic acids is 1. The third-order valence-electron chi connectivity index (χ3n) is 4.92. The van der Waals surface area contributed by atoms with Gasteiger partial charge in [-0.1, -0.05) is 30.3 Å². The molecule has 0 unspecified atom stereocenters. The molecule has 0 aliphatic heterocycles. The van der Waals surface area contributed by atoms with Crippen LogP contribution in [0.3, 0.4) is 0 Å². The number of thiophene rings is 1. The maximum Gasteiger partial charge on any atom is 0.261 e. The number of ether oxygens (including phenoxy) is 1. The first kappa shape index (κ1) is 20.0. The predicted octanol–water partition coefficient (Wildman–Crippen LogP) is 4.65. The second kappa shape index (κ2) is 8.20. The van der Waals surface area contributed by atoms with Crippen LogP contribution in [0.15, 0.2) is 60.7 Å². The summed E-state index contributed by atoms with van der Waals surface area (Å²) in [7, 11) is 5.57. The normalized spacial score (nSPS) is 12.0. The molecular formula is C23H24N4O2S. The van der Waals surface area contributed by atoms with Gasteiger partial charge in [0.25, 0.3) is 5.91 Å². The van der Waals surface area contributed by atoms with Crippen molar-refractivity contribution < 1.29 is 9.53 Å². The fraction of sp³-hybridized carbons (Fsp3) is 0.217. The summed E-state index contributed by atoms with van der Waals surface area (Å²) in [6.07, 6.45) is 0. The molecule has 2 aromatic carbocycles. The Morgan fingerprint density at radius 2 is 1.83 bits per heavy atom. The van der Waals surface area contributed by atoms with Crippen molar-refractivity contribution in [2.75, 3.05) is 26.1 Å². The van der Waals surface area contributed by atoms with E-state index in [1.165, 1.54) is 11.3 Å². The van der Waals surface area contributed by atoms with E-state index in [1.54, 1.807) is 7.11 Å². The van der Waals surface area contributed by atoms with Gasteiger partial charge in [-0.3, -0.25) is 9.36 Å². The predicted molar refractivity (Wildman–Crippen MR) is 122 cm³/mol. The second-order valence-electron chi connectivity index (χ2n) is 7.25. The first-order valence-corrected chi connectivity index (χ1v) is 10.5. The van der Waals surface area contributed by atoms with Crippen LogP contribution in [0.25, 0.3) is 16.0 Å². The molecule has 0 radical (unpaired) electrons. The molecule has 6 nitrogen and oxygen atoms in total. The van der Waals surface area contributed by atoms with E-state index in [0.29, 0.717) is 4.88 Å². The Kier molecular flexibility index (Phi) is 5.46. The number of imidazole rings is 1. The van der Waals surface area contributed by atoms with Crippen molar-refractivity contribution in [2.24, 2.45) is 0 Å². The van der Waals surface area contributed by atoms with Gasteiger partial charge >= 0.3 is 0 Å². The number of rotatable bonds is 6. The molecule has 7 heteroatoms. The highest BCUT2D eigenvalue weighted by molar-refractivity contribution is 7.20. The molecule has 0 fully saturated rings. The lowest BCUT2D eigenvalue weighted by atomic mass is 10.1. The minimum atomic E-state index is -0.0953. The van der Waals surface area contributed by atoms with Gasteiger partial charge in [0.05, 0.1) is 23.7 Å². The van der Waals surface area contributed by atoms with Gasteiger partial charge in [-0.25, -0.2) is 4.98 Å². The highest BCUT2D eigenvalue weighted by atomic mass is 32.1. The van der Waals surface area contributed by atoms with Crippen LogP contribution in [0.4, 0.5) is 5.95 Å². The van der Waals surface area contributed by atoms with Crippen LogP contribution in [-0.2, 0) is 0 Å². The maximum absolute atomic E-state index is 12.9. The number of methoxy groups -OCH3 is 1. The Bertz CT molecular complexity index is 1160. The highest BCUT2D eigenvalue weighted by Gasteiger charge is 2.21. The molecule has 0 aliphatic carbocycles. The lowest BCUT2D eigenvalue weighted by Gasteiger charge is -2.15. The Morgan fingerprint density at radius 1 is 1.13 bits per heavy atom. The zero-order valence-electron chi connectivity index (χ0n) is 17.4. The number of carbonyl (C=O) groups is 1. The number of hydrogen-bond acceptors (Lipinski definition) is 5. The third-order valence-corrected chi connectivity index (χ3v) is 6.03. The number of hydrogen-bond donors (Lipinski definition) is 1. The first-order chi connectivity index (χ1) is 14.5. The summed E-state index contributed by atoms with van der Waals surface area (Å²) >= 11 is 1.44. The van der Waals surface area contributed by atoms with Gasteiger partial charge in [-0.15, -0.1) is 11.3 Å². The van der Waals surface area contributed by atoms with Gasteiger partial charge in [-0.05, 0) is 42.8 Å². The van der Waals surface area contributed by atoms with Crippen molar-refractivity contribution in [3.8, 4) is 11.4 Å². The van der Waals surface area contributed by atoms with Crippen molar-refractivity contribution in [1.29, 1.82) is 0 Å². The molecule has 154 valence electrons. The summed E-state index contributed by atoms with van der Waals surface area (Å²) in [5.41, 5.74) is 2.84. The lowest BCUT2D eigenvalue weighted by Crippen LogP contribution is -2.25. The van der Waals surface area contributed by atoms with Gasteiger partial charge < -0.3 is 15.0 Å². The lowest BCUT2D eigenvalue weighted by molar-refractivity contribution is 0.0944. The van der Waals surface area contributed by atoms with Gasteiger partial charge in [0, 0.05) is 14.1 Å². The van der Waals surface area contributed by atoms with E-state index in [1.807, 2.05) is 86.6 Å². The molecule has 30 heavy (non-hydrogen) atoms. The summed E-state index contributed by atoms with van der Waals surface area (Å²) in [5, 5.41) is 3.08. The Morgan fingerprint density at radius 3 is 2.47 bits per heavy atom. The quantitative estimate of drug-likeness (QED) is 0.493. The van der Waals surface area contributed by atoms with E-state index < -0.39 is 0 Å². The van der Waals surface area contributed by atoms with Crippen molar-refractivity contribution in [1.82, 2.24) is 14.9 Å². The standard InChI is InChI=1S/C23H24N4O2S/c1-15(16-8-6-5-7-9-16)24-21(28)20-14-19-22(30-20)27(23(25-19)26(2)3)17-10-12-18(29-4)13-11-17/h5-15H,1-4H3,(H,24,28)/t15-/m1/s1. The van der Waals surface area contributed by atoms with E-state index in [9.17, 15) is 4.79 Å². The van der Waals surface area contributed by atoms with Crippen molar-refractivity contribution in [3.05, 3.63) is 71.1 Å². The molecule has 0 saturated heterocycles. The number of fused-ring (bicyclic) bond motifs is 1. The molecule has 0 spiro atoms. The zero-order chi connectivity index (χ0) is 21.3. The van der Waals surface area contributed by atoms with Crippen LogP contribution >= 0.6 is 11.3 Å². The number of anilines is 1. The van der Waals surface area contributed by atoms with Gasteiger partial charge in [-0.2, -0.15) is 0 Å². The SMILES string of the molecule is COc1ccc(-n2c(N(C)C)nc3cc(C(=O)N[C@H](C)c4ccccc4)sc32)cc1. The van der Waals surface area contributed by atoms with Crippen LogP contribution < -0.4 is 15.0 Å². The smallest absolute Gasteiger partial charge is 0.261 e. The molecule has 1 amide bonds. The maximum atomic E-state index is 12.9. The average molecular weight is 421 g/mol. The molecule has 2 heterocycles. The summed E-state index contributed by atoms with van der Waals surface area (Å²) in [4.78, 5) is 21.2. The Labute approximate surface area is 179 Å².